The van der Waals surface area contributed by atoms with Gasteiger partial charge in [0.2, 0.25) is 5.43 Å². The average Bonchev–Trinajstić information content (AvgIpc) is 2.97. The Labute approximate surface area is 146 Å². The Morgan fingerprint density at radius 3 is 2.70 bits per heavy atom. The van der Waals surface area contributed by atoms with E-state index < -0.39 is 0 Å². The Morgan fingerprint density at radius 2 is 1.91 bits per heavy atom. The summed E-state index contributed by atoms with van der Waals surface area (Å²) in [4.78, 5) is 25.2. The Bertz CT molecular complexity index is 990. The van der Waals surface area contributed by atoms with Gasteiger partial charge < -0.3 is 9.88 Å². The summed E-state index contributed by atoms with van der Waals surface area (Å²) in [6.07, 6.45) is 2.59. The van der Waals surface area contributed by atoms with Gasteiger partial charge in [0.15, 0.2) is 0 Å². The van der Waals surface area contributed by atoms with Crippen LogP contribution in [0.2, 0.25) is 0 Å². The standard InChI is InChI=1S/C18H13IN2O2/c19-12-4-6-13(7-5-12)20-18(23)15-10-21-9-8-11-2-1-3-14(16(11)21)17(15)22/h1-7,10H,8-9H2,(H,20,23). The number of aromatic nitrogens is 1. The lowest BCUT2D eigenvalue weighted by atomic mass is 10.1. The predicted octanol–water partition coefficient (Wildman–Crippen LogP) is 3.41. The summed E-state index contributed by atoms with van der Waals surface area (Å²) in [5, 5.41) is 3.42. The highest BCUT2D eigenvalue weighted by atomic mass is 127. The number of anilines is 1. The number of carbonyl (C=O) groups excluding carboxylic acids is 1. The van der Waals surface area contributed by atoms with E-state index in [1.54, 1.807) is 12.3 Å². The Hall–Kier alpha value is -2.15. The van der Waals surface area contributed by atoms with Gasteiger partial charge in [0.05, 0.1) is 5.52 Å². The van der Waals surface area contributed by atoms with Crippen LogP contribution in [-0.2, 0) is 13.0 Å². The van der Waals surface area contributed by atoms with Gasteiger partial charge in [0.1, 0.15) is 5.56 Å². The molecule has 5 heteroatoms. The van der Waals surface area contributed by atoms with Crippen LogP contribution in [0.15, 0.2) is 53.5 Å². The van der Waals surface area contributed by atoms with E-state index in [0.717, 1.165) is 22.1 Å². The predicted molar refractivity (Wildman–Crippen MR) is 99.0 cm³/mol. The molecule has 1 aromatic heterocycles. The van der Waals surface area contributed by atoms with Crippen molar-refractivity contribution in [3.8, 4) is 0 Å². The molecular formula is C18H13IN2O2. The Balaban J connectivity index is 1.78. The lowest BCUT2D eigenvalue weighted by Gasteiger charge is -2.09. The smallest absolute Gasteiger partial charge is 0.261 e. The fourth-order valence-electron chi connectivity index (χ4n) is 3.05. The van der Waals surface area contributed by atoms with E-state index in [1.165, 1.54) is 5.56 Å². The molecule has 0 unspecified atom stereocenters. The van der Waals surface area contributed by atoms with Crippen molar-refractivity contribution in [1.29, 1.82) is 0 Å². The van der Waals surface area contributed by atoms with Crippen LogP contribution in [0.25, 0.3) is 10.9 Å². The molecule has 0 radical (unpaired) electrons. The number of para-hydroxylation sites is 1. The average molecular weight is 416 g/mol. The minimum atomic E-state index is -0.362. The molecule has 0 fully saturated rings. The number of hydrogen-bond acceptors (Lipinski definition) is 2. The van der Waals surface area contributed by atoms with Gasteiger partial charge >= 0.3 is 0 Å². The fraction of sp³-hybridized carbons (Fsp3) is 0.111. The van der Waals surface area contributed by atoms with Gasteiger partial charge in [-0.05, 0) is 64.9 Å². The van der Waals surface area contributed by atoms with Gasteiger partial charge in [-0.15, -0.1) is 0 Å². The quantitative estimate of drug-likeness (QED) is 0.652. The number of halogens is 1. The molecule has 23 heavy (non-hydrogen) atoms. The second-order valence-electron chi connectivity index (χ2n) is 5.59. The summed E-state index contributed by atoms with van der Waals surface area (Å²) in [5.41, 5.74) is 2.80. The number of nitrogens with zero attached hydrogens (tertiary/aromatic N) is 1. The molecule has 0 spiro atoms. The first-order chi connectivity index (χ1) is 11.1. The van der Waals surface area contributed by atoms with Crippen molar-refractivity contribution in [3.05, 3.63) is 73.6 Å². The number of hydrogen-bond donors (Lipinski definition) is 1. The van der Waals surface area contributed by atoms with Crippen molar-refractivity contribution < 1.29 is 4.79 Å². The summed E-state index contributed by atoms with van der Waals surface area (Å²) in [6, 6.07) is 13.2. The van der Waals surface area contributed by atoms with Crippen LogP contribution in [-0.4, -0.2) is 10.5 Å². The first-order valence-corrected chi connectivity index (χ1v) is 8.43. The van der Waals surface area contributed by atoms with Gasteiger partial charge in [0, 0.05) is 27.4 Å². The van der Waals surface area contributed by atoms with Gasteiger partial charge in [-0.3, -0.25) is 9.59 Å². The second-order valence-corrected chi connectivity index (χ2v) is 6.84. The molecule has 0 bridgehead atoms. The maximum absolute atomic E-state index is 12.7. The van der Waals surface area contributed by atoms with Crippen molar-refractivity contribution in [1.82, 2.24) is 4.57 Å². The first kappa shape index (κ1) is 14.4. The van der Waals surface area contributed by atoms with Crippen LogP contribution >= 0.6 is 22.6 Å². The van der Waals surface area contributed by atoms with Crippen LogP contribution in [0.5, 0.6) is 0 Å². The number of rotatable bonds is 2. The van der Waals surface area contributed by atoms with Crippen LogP contribution < -0.4 is 10.7 Å². The molecule has 1 N–H and O–H groups in total. The van der Waals surface area contributed by atoms with Gasteiger partial charge in [0.25, 0.3) is 5.91 Å². The van der Waals surface area contributed by atoms with Crippen molar-refractivity contribution in [2.45, 2.75) is 13.0 Å². The molecule has 4 rings (SSSR count). The minimum Gasteiger partial charge on any atom is -0.346 e. The minimum absolute atomic E-state index is 0.190. The monoisotopic (exact) mass is 416 g/mol. The largest absolute Gasteiger partial charge is 0.346 e. The Kier molecular flexibility index (Phi) is 3.45. The van der Waals surface area contributed by atoms with E-state index in [2.05, 4.69) is 27.9 Å². The van der Waals surface area contributed by atoms with Crippen molar-refractivity contribution in [2.24, 2.45) is 0 Å². The highest BCUT2D eigenvalue weighted by Crippen LogP contribution is 2.24. The number of benzene rings is 2. The maximum atomic E-state index is 12.7. The van der Waals surface area contributed by atoms with Crippen LogP contribution in [0, 0.1) is 3.57 Å². The summed E-state index contributed by atoms with van der Waals surface area (Å²) < 4.78 is 3.10. The lowest BCUT2D eigenvalue weighted by molar-refractivity contribution is 0.102. The molecule has 2 aromatic carbocycles. The normalized spacial score (nSPS) is 12.6. The molecule has 1 amide bonds. The number of carbonyl (C=O) groups is 1. The molecule has 0 atom stereocenters. The summed E-state index contributed by atoms with van der Waals surface area (Å²) in [6.45, 7) is 0.805. The summed E-state index contributed by atoms with van der Waals surface area (Å²) >= 11 is 2.21. The van der Waals surface area contributed by atoms with Crippen molar-refractivity contribution >= 4 is 45.1 Å². The zero-order valence-corrected chi connectivity index (χ0v) is 14.3. The number of pyridine rings is 1. The number of nitrogens with one attached hydrogen (secondary N) is 1. The number of amides is 1. The van der Waals surface area contributed by atoms with Gasteiger partial charge in [-0.25, -0.2) is 0 Å². The zero-order valence-electron chi connectivity index (χ0n) is 12.2. The zero-order chi connectivity index (χ0) is 16.0. The SMILES string of the molecule is O=C(Nc1ccc(I)cc1)c1cn2c3c(cccc3c1=O)CC2. The van der Waals surface area contributed by atoms with E-state index in [-0.39, 0.29) is 16.9 Å². The van der Waals surface area contributed by atoms with E-state index in [9.17, 15) is 9.59 Å². The third-order valence-electron chi connectivity index (χ3n) is 4.15. The third kappa shape index (κ3) is 2.45. The topological polar surface area (TPSA) is 51.1 Å². The van der Waals surface area contributed by atoms with E-state index in [0.29, 0.717) is 11.1 Å². The van der Waals surface area contributed by atoms with Crippen LogP contribution in [0.3, 0.4) is 0 Å². The molecule has 0 saturated carbocycles. The van der Waals surface area contributed by atoms with Crippen molar-refractivity contribution in [2.75, 3.05) is 5.32 Å². The lowest BCUT2D eigenvalue weighted by Crippen LogP contribution is -2.23. The molecule has 2 heterocycles. The molecule has 1 aliphatic rings. The summed E-state index contributed by atoms with van der Waals surface area (Å²) in [7, 11) is 0. The van der Waals surface area contributed by atoms with Crippen LogP contribution in [0.4, 0.5) is 5.69 Å². The van der Waals surface area contributed by atoms with Gasteiger partial charge in [-0.2, -0.15) is 0 Å². The first-order valence-electron chi connectivity index (χ1n) is 7.35. The molecular weight excluding hydrogens is 403 g/mol. The highest BCUT2D eigenvalue weighted by Gasteiger charge is 2.20. The third-order valence-corrected chi connectivity index (χ3v) is 4.87. The molecule has 0 aliphatic carbocycles. The summed E-state index contributed by atoms with van der Waals surface area (Å²) in [5.74, 6) is -0.362. The Morgan fingerprint density at radius 1 is 1.13 bits per heavy atom. The maximum Gasteiger partial charge on any atom is 0.261 e. The van der Waals surface area contributed by atoms with E-state index in [4.69, 9.17) is 0 Å². The number of aryl methyl sites for hydroxylation is 2. The molecule has 0 saturated heterocycles. The highest BCUT2D eigenvalue weighted by molar-refractivity contribution is 14.1. The molecule has 4 nitrogen and oxygen atoms in total. The van der Waals surface area contributed by atoms with Crippen LogP contribution in [0.1, 0.15) is 15.9 Å². The van der Waals surface area contributed by atoms with E-state index >= 15 is 0 Å². The fourth-order valence-corrected chi connectivity index (χ4v) is 3.41. The van der Waals surface area contributed by atoms with Crippen molar-refractivity contribution in [3.63, 3.8) is 0 Å². The molecule has 3 aromatic rings. The van der Waals surface area contributed by atoms with Gasteiger partial charge in [-0.1, -0.05) is 12.1 Å². The molecule has 1 aliphatic heterocycles. The molecule has 114 valence electrons. The second kappa shape index (κ2) is 5.49. The van der Waals surface area contributed by atoms with E-state index in [1.807, 2.05) is 41.0 Å².